The molecule has 1 atom stereocenters. The maximum absolute atomic E-state index is 12.2. The lowest BCUT2D eigenvalue weighted by Gasteiger charge is -2.11. The zero-order valence-corrected chi connectivity index (χ0v) is 15.0. The highest BCUT2D eigenvalue weighted by atomic mass is 32.1. The number of thiazole rings is 1. The van der Waals surface area contributed by atoms with Gasteiger partial charge in [-0.1, -0.05) is 0 Å². The van der Waals surface area contributed by atoms with Crippen LogP contribution in [-0.2, 0) is 4.79 Å². The van der Waals surface area contributed by atoms with E-state index in [1.807, 2.05) is 29.6 Å². The van der Waals surface area contributed by atoms with E-state index in [9.17, 15) is 9.59 Å². The molecule has 0 spiro atoms. The highest BCUT2D eigenvalue weighted by Crippen LogP contribution is 2.26. The van der Waals surface area contributed by atoms with Crippen molar-refractivity contribution in [1.82, 2.24) is 10.3 Å². The van der Waals surface area contributed by atoms with Crippen molar-refractivity contribution in [1.29, 1.82) is 0 Å². The van der Waals surface area contributed by atoms with Crippen molar-refractivity contribution < 1.29 is 18.7 Å². The summed E-state index contributed by atoms with van der Waals surface area (Å²) in [6.45, 7) is 1.59. The number of carbonyl (C=O) groups is 2. The van der Waals surface area contributed by atoms with Gasteiger partial charge >= 0.3 is 0 Å². The van der Waals surface area contributed by atoms with Gasteiger partial charge in [0.15, 0.2) is 10.9 Å². The fraction of sp³-hybridized carbons (Fsp3) is 0.167. The predicted octanol–water partition coefficient (Wildman–Crippen LogP) is 3.17. The third kappa shape index (κ3) is 4.09. The zero-order chi connectivity index (χ0) is 18.5. The fourth-order valence-corrected chi connectivity index (χ4v) is 2.90. The number of rotatable bonds is 6. The van der Waals surface area contributed by atoms with Crippen LogP contribution in [-0.4, -0.2) is 29.9 Å². The molecule has 8 heteroatoms. The van der Waals surface area contributed by atoms with E-state index >= 15 is 0 Å². The van der Waals surface area contributed by atoms with Crippen molar-refractivity contribution in [3.05, 3.63) is 53.8 Å². The molecular formula is C18H17N3O4S. The molecule has 26 heavy (non-hydrogen) atoms. The van der Waals surface area contributed by atoms with Gasteiger partial charge in [-0.2, -0.15) is 0 Å². The van der Waals surface area contributed by atoms with Crippen molar-refractivity contribution in [3.63, 3.8) is 0 Å². The van der Waals surface area contributed by atoms with Crippen molar-refractivity contribution in [3.8, 4) is 17.0 Å². The molecule has 0 radical (unpaired) electrons. The lowest BCUT2D eigenvalue weighted by atomic mass is 10.2. The van der Waals surface area contributed by atoms with E-state index in [1.54, 1.807) is 20.1 Å². The van der Waals surface area contributed by atoms with Crippen molar-refractivity contribution in [2.24, 2.45) is 0 Å². The Morgan fingerprint density at radius 3 is 2.65 bits per heavy atom. The van der Waals surface area contributed by atoms with Crippen LogP contribution in [0.25, 0.3) is 11.3 Å². The molecule has 0 unspecified atom stereocenters. The number of benzene rings is 1. The highest BCUT2D eigenvalue weighted by molar-refractivity contribution is 7.14. The SMILES string of the molecule is COc1ccc(-c2csc(NC(=O)[C@@H](C)NC(=O)c3ccco3)n2)cc1. The summed E-state index contributed by atoms with van der Waals surface area (Å²) < 4.78 is 10.1. The first-order valence-electron chi connectivity index (χ1n) is 7.82. The Morgan fingerprint density at radius 1 is 1.23 bits per heavy atom. The lowest BCUT2D eigenvalue weighted by molar-refractivity contribution is -0.117. The van der Waals surface area contributed by atoms with Gasteiger partial charge in [-0.25, -0.2) is 4.98 Å². The normalized spacial score (nSPS) is 11.6. The predicted molar refractivity (Wildman–Crippen MR) is 98.4 cm³/mol. The van der Waals surface area contributed by atoms with Gasteiger partial charge in [0.1, 0.15) is 11.8 Å². The van der Waals surface area contributed by atoms with Crippen LogP contribution in [0.5, 0.6) is 5.75 Å². The Hall–Kier alpha value is -3.13. The summed E-state index contributed by atoms with van der Waals surface area (Å²) in [5.74, 6) is 0.107. The quantitative estimate of drug-likeness (QED) is 0.694. The van der Waals surface area contributed by atoms with Crippen molar-refractivity contribution >= 4 is 28.3 Å². The van der Waals surface area contributed by atoms with E-state index in [1.165, 1.54) is 23.7 Å². The number of ether oxygens (including phenoxy) is 1. The average Bonchev–Trinajstić information content (AvgIpc) is 3.34. The Kier molecular flexibility index (Phi) is 5.33. The van der Waals surface area contributed by atoms with Gasteiger partial charge in [-0.15, -0.1) is 11.3 Å². The summed E-state index contributed by atoms with van der Waals surface area (Å²) in [6, 6.07) is 9.88. The maximum atomic E-state index is 12.2. The topological polar surface area (TPSA) is 93.5 Å². The second kappa shape index (κ2) is 7.83. The molecular weight excluding hydrogens is 354 g/mol. The summed E-state index contributed by atoms with van der Waals surface area (Å²) in [4.78, 5) is 28.5. The van der Waals surface area contributed by atoms with Crippen LogP contribution in [0.2, 0.25) is 0 Å². The number of furan rings is 1. The van der Waals surface area contributed by atoms with E-state index in [0.717, 1.165) is 17.0 Å². The molecule has 2 N–H and O–H groups in total. The van der Waals surface area contributed by atoms with Crippen molar-refractivity contribution in [2.45, 2.75) is 13.0 Å². The van der Waals surface area contributed by atoms with Crippen LogP contribution >= 0.6 is 11.3 Å². The highest BCUT2D eigenvalue weighted by Gasteiger charge is 2.19. The second-order valence-electron chi connectivity index (χ2n) is 5.43. The lowest BCUT2D eigenvalue weighted by Crippen LogP contribution is -2.41. The molecule has 1 aromatic carbocycles. The first-order chi connectivity index (χ1) is 12.6. The number of nitrogens with zero attached hydrogens (tertiary/aromatic N) is 1. The van der Waals surface area contributed by atoms with Gasteiger partial charge in [-0.3, -0.25) is 9.59 Å². The van der Waals surface area contributed by atoms with E-state index < -0.39 is 11.9 Å². The largest absolute Gasteiger partial charge is 0.497 e. The molecule has 2 amide bonds. The van der Waals surface area contributed by atoms with Gasteiger partial charge in [0.25, 0.3) is 5.91 Å². The fourth-order valence-electron chi connectivity index (χ4n) is 2.18. The van der Waals surface area contributed by atoms with Gasteiger partial charge in [0.2, 0.25) is 5.91 Å². The molecule has 0 bridgehead atoms. The number of nitrogens with one attached hydrogen (secondary N) is 2. The van der Waals surface area contributed by atoms with Gasteiger partial charge in [0, 0.05) is 10.9 Å². The molecule has 2 heterocycles. The average molecular weight is 371 g/mol. The number of aromatic nitrogens is 1. The minimum Gasteiger partial charge on any atom is -0.497 e. The molecule has 7 nitrogen and oxygen atoms in total. The smallest absolute Gasteiger partial charge is 0.287 e. The summed E-state index contributed by atoms with van der Waals surface area (Å²) in [7, 11) is 1.61. The zero-order valence-electron chi connectivity index (χ0n) is 14.2. The van der Waals surface area contributed by atoms with E-state index in [0.29, 0.717) is 5.13 Å². The molecule has 134 valence electrons. The van der Waals surface area contributed by atoms with Crippen LogP contribution < -0.4 is 15.4 Å². The number of amides is 2. The first kappa shape index (κ1) is 17.7. The molecule has 3 aromatic rings. The molecule has 0 saturated carbocycles. The molecule has 0 fully saturated rings. The van der Waals surface area contributed by atoms with Crippen molar-refractivity contribution in [2.75, 3.05) is 12.4 Å². The van der Waals surface area contributed by atoms with Gasteiger partial charge < -0.3 is 19.8 Å². The molecule has 0 aliphatic heterocycles. The monoisotopic (exact) mass is 371 g/mol. The van der Waals surface area contributed by atoms with Crippen LogP contribution in [0.1, 0.15) is 17.5 Å². The van der Waals surface area contributed by atoms with Crippen LogP contribution in [0.4, 0.5) is 5.13 Å². The Morgan fingerprint density at radius 2 is 2.00 bits per heavy atom. The van der Waals surface area contributed by atoms with Gasteiger partial charge in [0.05, 0.1) is 19.1 Å². The summed E-state index contributed by atoms with van der Waals surface area (Å²) in [5.41, 5.74) is 1.67. The number of methoxy groups -OCH3 is 1. The molecule has 3 rings (SSSR count). The van der Waals surface area contributed by atoms with Crippen LogP contribution in [0.15, 0.2) is 52.5 Å². The maximum Gasteiger partial charge on any atom is 0.287 e. The van der Waals surface area contributed by atoms with Crippen LogP contribution in [0, 0.1) is 0 Å². The summed E-state index contributed by atoms with van der Waals surface area (Å²) in [6.07, 6.45) is 1.40. The number of hydrogen-bond donors (Lipinski definition) is 2. The first-order valence-corrected chi connectivity index (χ1v) is 8.70. The third-order valence-corrected chi connectivity index (χ3v) is 4.36. The summed E-state index contributed by atoms with van der Waals surface area (Å²) in [5, 5.41) is 7.58. The molecule has 2 aromatic heterocycles. The van der Waals surface area contributed by atoms with E-state index in [-0.39, 0.29) is 11.7 Å². The molecule has 0 aliphatic rings. The Labute approximate surface area is 154 Å². The Balaban J connectivity index is 1.60. The van der Waals surface area contributed by atoms with E-state index in [2.05, 4.69) is 15.6 Å². The minimum atomic E-state index is -0.735. The third-order valence-electron chi connectivity index (χ3n) is 3.61. The number of hydrogen-bond acceptors (Lipinski definition) is 6. The minimum absolute atomic E-state index is 0.153. The second-order valence-corrected chi connectivity index (χ2v) is 6.29. The standard InChI is InChI=1S/C18H17N3O4S/c1-11(19-17(23)15-4-3-9-25-15)16(22)21-18-20-14(10-26-18)12-5-7-13(24-2)8-6-12/h3-11H,1-2H3,(H,19,23)(H,20,21,22)/t11-/m1/s1. The van der Waals surface area contributed by atoms with Crippen LogP contribution in [0.3, 0.4) is 0 Å². The number of carbonyl (C=O) groups excluding carboxylic acids is 2. The number of anilines is 1. The Bertz CT molecular complexity index is 888. The van der Waals surface area contributed by atoms with Gasteiger partial charge in [-0.05, 0) is 43.3 Å². The molecule has 0 aliphatic carbocycles. The molecule has 0 saturated heterocycles. The van der Waals surface area contributed by atoms with E-state index in [4.69, 9.17) is 9.15 Å². The summed E-state index contributed by atoms with van der Waals surface area (Å²) >= 11 is 1.31.